The number of hydrogen-bond acceptors (Lipinski definition) is 3. The largest absolute Gasteiger partial charge is 0.348 e. The van der Waals surface area contributed by atoms with E-state index in [0.717, 1.165) is 25.2 Å². The van der Waals surface area contributed by atoms with Crippen molar-refractivity contribution in [1.82, 2.24) is 10.4 Å². The Hall–Kier alpha value is -1.10. The second-order valence-electron chi connectivity index (χ2n) is 6.73. The molecule has 1 saturated heterocycles. The Bertz CT molecular complexity index is 393. The van der Waals surface area contributed by atoms with Crippen molar-refractivity contribution in [1.29, 1.82) is 0 Å². The number of urea groups is 1. The molecule has 2 aliphatic carbocycles. The Balaban J connectivity index is 1.57. The van der Waals surface area contributed by atoms with Crippen molar-refractivity contribution in [3.63, 3.8) is 0 Å². The molecule has 112 valence electrons. The number of amides is 3. The normalized spacial score (nSPS) is 35.6. The maximum Gasteiger partial charge on any atom is 0.348 e. The van der Waals surface area contributed by atoms with Crippen LogP contribution in [-0.4, -0.2) is 28.3 Å². The summed E-state index contributed by atoms with van der Waals surface area (Å²) in [6, 6.07) is -0.727. The molecule has 3 atom stereocenters. The smallest absolute Gasteiger partial charge is 0.332 e. The zero-order chi connectivity index (χ0) is 14.1. The molecule has 20 heavy (non-hydrogen) atoms. The van der Waals surface area contributed by atoms with Crippen molar-refractivity contribution in [2.75, 3.05) is 0 Å². The summed E-state index contributed by atoms with van der Waals surface area (Å²) in [7, 11) is 0. The molecule has 0 aromatic heterocycles. The van der Waals surface area contributed by atoms with Gasteiger partial charge in [0.1, 0.15) is 0 Å². The summed E-state index contributed by atoms with van der Waals surface area (Å²) in [5, 5.41) is 12.4. The van der Waals surface area contributed by atoms with Crippen molar-refractivity contribution in [3.8, 4) is 0 Å². The van der Waals surface area contributed by atoms with Crippen molar-refractivity contribution >= 4 is 11.9 Å². The van der Waals surface area contributed by atoms with Crippen LogP contribution in [0.15, 0.2) is 0 Å². The van der Waals surface area contributed by atoms with Gasteiger partial charge in [0.2, 0.25) is 0 Å². The van der Waals surface area contributed by atoms with Gasteiger partial charge in [-0.1, -0.05) is 32.1 Å². The first-order valence-electron chi connectivity index (χ1n) is 7.98. The van der Waals surface area contributed by atoms with E-state index in [0.29, 0.717) is 5.92 Å². The molecule has 1 aliphatic heterocycles. The lowest BCUT2D eigenvalue weighted by atomic mass is 9.72. The summed E-state index contributed by atoms with van der Waals surface area (Å²) >= 11 is 0. The van der Waals surface area contributed by atoms with E-state index in [4.69, 9.17) is 0 Å². The topological polar surface area (TPSA) is 69.6 Å². The Kier molecular flexibility index (Phi) is 3.96. The van der Waals surface area contributed by atoms with Crippen LogP contribution in [-0.2, 0) is 4.79 Å². The van der Waals surface area contributed by atoms with Gasteiger partial charge in [0.05, 0.1) is 5.92 Å². The molecule has 2 N–H and O–H groups in total. The highest BCUT2D eigenvalue weighted by Crippen LogP contribution is 2.38. The number of imide groups is 1. The molecule has 3 fully saturated rings. The van der Waals surface area contributed by atoms with Gasteiger partial charge >= 0.3 is 6.03 Å². The fourth-order valence-corrected chi connectivity index (χ4v) is 4.30. The molecule has 0 aromatic rings. The van der Waals surface area contributed by atoms with Gasteiger partial charge in [-0.3, -0.25) is 10.0 Å². The first kappa shape index (κ1) is 13.9. The van der Waals surface area contributed by atoms with Crippen LogP contribution >= 0.6 is 0 Å². The summed E-state index contributed by atoms with van der Waals surface area (Å²) in [6.45, 7) is 0. The fourth-order valence-electron chi connectivity index (χ4n) is 4.30. The van der Waals surface area contributed by atoms with Crippen LogP contribution in [0.25, 0.3) is 0 Å². The van der Waals surface area contributed by atoms with Crippen LogP contribution in [0.2, 0.25) is 0 Å². The average Bonchev–Trinajstić information content (AvgIpc) is 2.46. The average molecular weight is 280 g/mol. The molecule has 3 rings (SSSR count). The molecule has 3 amide bonds. The van der Waals surface area contributed by atoms with Crippen molar-refractivity contribution in [2.45, 2.75) is 63.8 Å². The highest BCUT2D eigenvalue weighted by Gasteiger charge is 2.44. The van der Waals surface area contributed by atoms with Crippen LogP contribution in [0.4, 0.5) is 4.79 Å². The number of hydrogen-bond donors (Lipinski definition) is 2. The van der Waals surface area contributed by atoms with E-state index >= 15 is 0 Å². The van der Waals surface area contributed by atoms with Gasteiger partial charge in [-0.2, -0.15) is 0 Å². The molecular weight excluding hydrogens is 256 g/mol. The second kappa shape index (κ2) is 5.72. The first-order chi connectivity index (χ1) is 9.65. The van der Waals surface area contributed by atoms with Gasteiger partial charge in [0.15, 0.2) is 0 Å². The minimum atomic E-state index is -0.658. The Morgan fingerprint density at radius 2 is 1.80 bits per heavy atom. The summed E-state index contributed by atoms with van der Waals surface area (Å²) in [5.74, 6) is 0.822. The molecule has 2 saturated carbocycles. The van der Waals surface area contributed by atoms with Crippen LogP contribution in [0, 0.1) is 17.8 Å². The van der Waals surface area contributed by atoms with E-state index in [1.54, 1.807) is 0 Å². The Morgan fingerprint density at radius 1 is 1.05 bits per heavy atom. The highest BCUT2D eigenvalue weighted by atomic mass is 16.5. The van der Waals surface area contributed by atoms with Gasteiger partial charge in [-0.15, -0.1) is 5.06 Å². The third kappa shape index (κ3) is 2.68. The number of rotatable bonds is 2. The van der Waals surface area contributed by atoms with E-state index in [9.17, 15) is 14.8 Å². The molecule has 5 nitrogen and oxygen atoms in total. The van der Waals surface area contributed by atoms with E-state index < -0.39 is 11.9 Å². The van der Waals surface area contributed by atoms with Crippen LogP contribution in [0.1, 0.15) is 57.8 Å². The maximum atomic E-state index is 11.9. The third-order valence-corrected chi connectivity index (χ3v) is 5.38. The molecule has 0 spiro atoms. The van der Waals surface area contributed by atoms with E-state index in [2.05, 4.69) is 5.32 Å². The number of nitrogens with zero attached hydrogens (tertiary/aromatic N) is 1. The van der Waals surface area contributed by atoms with Gasteiger partial charge in [0.25, 0.3) is 5.91 Å². The molecule has 0 bridgehead atoms. The zero-order valence-corrected chi connectivity index (χ0v) is 11.9. The number of nitrogens with one attached hydrogen (secondary N) is 1. The van der Waals surface area contributed by atoms with Gasteiger partial charge in [0, 0.05) is 6.04 Å². The number of hydroxylamine groups is 2. The summed E-state index contributed by atoms with van der Waals surface area (Å²) < 4.78 is 0. The van der Waals surface area contributed by atoms with Crippen molar-refractivity contribution in [2.24, 2.45) is 17.8 Å². The van der Waals surface area contributed by atoms with E-state index in [1.165, 1.54) is 38.5 Å². The predicted molar refractivity (Wildman–Crippen MR) is 73.0 cm³/mol. The van der Waals surface area contributed by atoms with Gasteiger partial charge in [-0.25, -0.2) is 4.79 Å². The van der Waals surface area contributed by atoms with E-state index in [1.807, 2.05) is 0 Å². The summed E-state index contributed by atoms with van der Waals surface area (Å²) in [6.07, 6.45) is 10.8. The third-order valence-electron chi connectivity index (χ3n) is 5.38. The van der Waals surface area contributed by atoms with Gasteiger partial charge in [-0.05, 0) is 37.5 Å². The minimum Gasteiger partial charge on any atom is -0.332 e. The zero-order valence-electron chi connectivity index (χ0n) is 11.9. The standard InChI is InChI=1S/C15H24N2O3/c18-14-12-7-6-11(8-10-4-2-1-3-5-10)9-13(12)16-15(19)17(14)20/h10-13,20H,1-9H2,(H,16,19). The van der Waals surface area contributed by atoms with Gasteiger partial charge < -0.3 is 5.32 Å². The first-order valence-corrected chi connectivity index (χ1v) is 7.98. The number of fused-ring (bicyclic) bond motifs is 1. The Morgan fingerprint density at radius 3 is 2.55 bits per heavy atom. The monoisotopic (exact) mass is 280 g/mol. The van der Waals surface area contributed by atoms with Crippen molar-refractivity contribution in [3.05, 3.63) is 0 Å². The fraction of sp³-hybridized carbons (Fsp3) is 0.867. The quantitative estimate of drug-likeness (QED) is 0.764. The molecule has 3 aliphatic rings. The summed E-state index contributed by atoms with van der Waals surface area (Å²) in [4.78, 5) is 23.4. The summed E-state index contributed by atoms with van der Waals surface area (Å²) in [5.41, 5.74) is 0. The highest BCUT2D eigenvalue weighted by molar-refractivity contribution is 5.97. The second-order valence-corrected chi connectivity index (χ2v) is 6.73. The minimum absolute atomic E-state index is 0.0688. The predicted octanol–water partition coefficient (Wildman–Crippen LogP) is 2.68. The van der Waals surface area contributed by atoms with Crippen LogP contribution < -0.4 is 5.32 Å². The molecular formula is C15H24N2O3. The SMILES string of the molecule is O=C1NC2CC(CC3CCCCC3)CCC2C(=O)N1O. The van der Waals surface area contributed by atoms with Crippen LogP contribution in [0.5, 0.6) is 0 Å². The lowest BCUT2D eigenvalue weighted by molar-refractivity contribution is -0.164. The van der Waals surface area contributed by atoms with E-state index in [-0.39, 0.29) is 17.0 Å². The maximum absolute atomic E-state index is 11.9. The number of carbonyl (C=O) groups excluding carboxylic acids is 2. The number of carbonyl (C=O) groups is 2. The van der Waals surface area contributed by atoms with Crippen molar-refractivity contribution < 1.29 is 14.8 Å². The Labute approximate surface area is 119 Å². The lowest BCUT2D eigenvalue weighted by Gasteiger charge is -2.41. The lowest BCUT2D eigenvalue weighted by Crippen LogP contribution is -2.60. The molecule has 1 heterocycles. The van der Waals surface area contributed by atoms with Crippen LogP contribution in [0.3, 0.4) is 0 Å². The molecule has 0 aromatic carbocycles. The molecule has 3 unspecified atom stereocenters. The molecule has 0 radical (unpaired) electrons. The molecule has 5 heteroatoms.